The summed E-state index contributed by atoms with van der Waals surface area (Å²) in [6.07, 6.45) is 4.56. The lowest BCUT2D eigenvalue weighted by molar-refractivity contribution is -0.129. The minimum Gasteiger partial charge on any atom is -0.385 e. The van der Waals surface area contributed by atoms with Crippen molar-refractivity contribution in [1.29, 1.82) is 0 Å². The number of hydrogen-bond acceptors (Lipinski definition) is 2. The van der Waals surface area contributed by atoms with Crippen LogP contribution in [0.1, 0.15) is 51.2 Å². The lowest BCUT2D eigenvalue weighted by Gasteiger charge is -2.24. The molecule has 0 unspecified atom stereocenters. The van der Waals surface area contributed by atoms with Crippen LogP contribution in [-0.2, 0) is 11.2 Å². The van der Waals surface area contributed by atoms with Crippen molar-refractivity contribution >= 4 is 11.6 Å². The average molecular weight is 308 g/mol. The standard InChI is InChI=1S/C11H16FN.C7H13NO/c1-4-9-6-10(12)7-11(8(9)3)13-5-2;1-7(9)8-5-3-2-4-6-8/h6-7,13H,4-5H2,1-3H3;2-6H2,1H3. The van der Waals surface area contributed by atoms with Gasteiger partial charge in [0.1, 0.15) is 5.82 Å². The van der Waals surface area contributed by atoms with Crippen LogP contribution in [0.2, 0.25) is 0 Å². The molecule has 1 N–H and O–H groups in total. The van der Waals surface area contributed by atoms with Gasteiger partial charge >= 0.3 is 0 Å². The summed E-state index contributed by atoms with van der Waals surface area (Å²) >= 11 is 0. The molecule has 1 heterocycles. The summed E-state index contributed by atoms with van der Waals surface area (Å²) in [6, 6.07) is 3.16. The molecule has 0 spiro atoms. The molecular weight excluding hydrogens is 279 g/mol. The second-order valence-corrected chi connectivity index (χ2v) is 5.69. The first-order valence-corrected chi connectivity index (χ1v) is 8.28. The maximum Gasteiger partial charge on any atom is 0.219 e. The van der Waals surface area contributed by atoms with Gasteiger partial charge in [0.2, 0.25) is 5.91 Å². The van der Waals surface area contributed by atoms with Gasteiger partial charge in [-0.25, -0.2) is 4.39 Å². The first-order chi connectivity index (χ1) is 10.5. The number of carbonyl (C=O) groups excluding carboxylic acids is 1. The Morgan fingerprint density at radius 2 is 1.86 bits per heavy atom. The zero-order valence-electron chi connectivity index (χ0n) is 14.3. The zero-order valence-corrected chi connectivity index (χ0v) is 14.3. The number of halogens is 1. The highest BCUT2D eigenvalue weighted by atomic mass is 19.1. The summed E-state index contributed by atoms with van der Waals surface area (Å²) in [5, 5.41) is 3.15. The fraction of sp³-hybridized carbons (Fsp3) is 0.611. The molecular formula is C18H29FN2O. The highest BCUT2D eigenvalue weighted by molar-refractivity contribution is 5.73. The molecule has 0 aliphatic carbocycles. The highest BCUT2D eigenvalue weighted by Crippen LogP contribution is 2.21. The lowest BCUT2D eigenvalue weighted by Crippen LogP contribution is -2.33. The Bertz CT molecular complexity index is 482. The summed E-state index contributed by atoms with van der Waals surface area (Å²) < 4.78 is 13.1. The van der Waals surface area contributed by atoms with Crippen LogP contribution < -0.4 is 5.32 Å². The summed E-state index contributed by atoms with van der Waals surface area (Å²) in [5.41, 5.74) is 3.15. The van der Waals surface area contributed by atoms with Crippen molar-refractivity contribution in [3.63, 3.8) is 0 Å². The molecule has 1 saturated heterocycles. The van der Waals surface area contributed by atoms with E-state index in [1.807, 2.05) is 25.7 Å². The Kier molecular flexibility index (Phi) is 7.92. The number of piperidine rings is 1. The van der Waals surface area contributed by atoms with E-state index in [0.29, 0.717) is 0 Å². The van der Waals surface area contributed by atoms with E-state index in [1.54, 1.807) is 19.1 Å². The topological polar surface area (TPSA) is 32.3 Å². The molecule has 1 aromatic rings. The van der Waals surface area contributed by atoms with Crippen LogP contribution in [0, 0.1) is 12.7 Å². The SMILES string of the molecule is CC(=O)N1CCCCC1.CCNc1cc(F)cc(CC)c1C. The van der Waals surface area contributed by atoms with Crippen molar-refractivity contribution in [3.05, 3.63) is 29.1 Å². The fourth-order valence-electron chi connectivity index (χ4n) is 2.69. The minimum atomic E-state index is -0.154. The van der Waals surface area contributed by atoms with E-state index in [9.17, 15) is 9.18 Å². The first kappa shape index (κ1) is 18.5. The molecule has 2 rings (SSSR count). The molecule has 0 atom stereocenters. The van der Waals surface area contributed by atoms with Crippen molar-refractivity contribution in [2.75, 3.05) is 25.0 Å². The van der Waals surface area contributed by atoms with Crippen LogP contribution in [0.4, 0.5) is 10.1 Å². The molecule has 3 nitrogen and oxygen atoms in total. The van der Waals surface area contributed by atoms with Gasteiger partial charge in [0.25, 0.3) is 0 Å². The number of amides is 1. The van der Waals surface area contributed by atoms with Crippen LogP contribution in [0.3, 0.4) is 0 Å². The van der Waals surface area contributed by atoms with E-state index in [2.05, 4.69) is 5.32 Å². The Hall–Kier alpha value is -1.58. The van der Waals surface area contributed by atoms with Crippen molar-refractivity contribution in [1.82, 2.24) is 4.90 Å². The number of rotatable bonds is 3. The number of carbonyl (C=O) groups is 1. The van der Waals surface area contributed by atoms with E-state index in [0.717, 1.165) is 42.9 Å². The fourth-order valence-corrected chi connectivity index (χ4v) is 2.69. The Morgan fingerprint density at radius 1 is 1.23 bits per heavy atom. The molecule has 1 amide bonds. The summed E-state index contributed by atoms with van der Waals surface area (Å²) in [5.74, 6) is 0.0769. The maximum atomic E-state index is 13.1. The molecule has 1 aliphatic heterocycles. The Labute approximate surface area is 133 Å². The monoisotopic (exact) mass is 308 g/mol. The molecule has 1 aromatic carbocycles. The van der Waals surface area contributed by atoms with Gasteiger partial charge < -0.3 is 10.2 Å². The van der Waals surface area contributed by atoms with Crippen LogP contribution in [0.15, 0.2) is 12.1 Å². The molecule has 1 aliphatic rings. The van der Waals surface area contributed by atoms with Gasteiger partial charge in [0.15, 0.2) is 0 Å². The van der Waals surface area contributed by atoms with Crippen LogP contribution in [-0.4, -0.2) is 30.4 Å². The third-order valence-electron chi connectivity index (χ3n) is 4.03. The quantitative estimate of drug-likeness (QED) is 0.910. The predicted octanol–water partition coefficient (Wildman–Crippen LogP) is 4.15. The van der Waals surface area contributed by atoms with Gasteiger partial charge in [-0.3, -0.25) is 4.79 Å². The molecule has 0 saturated carbocycles. The second kappa shape index (κ2) is 9.44. The molecule has 22 heavy (non-hydrogen) atoms. The number of hydrogen-bond donors (Lipinski definition) is 1. The number of nitrogens with one attached hydrogen (secondary N) is 1. The summed E-state index contributed by atoms with van der Waals surface area (Å²) in [7, 11) is 0. The van der Waals surface area contributed by atoms with E-state index < -0.39 is 0 Å². The molecule has 1 fully saturated rings. The van der Waals surface area contributed by atoms with Crippen molar-refractivity contribution < 1.29 is 9.18 Å². The van der Waals surface area contributed by atoms with Gasteiger partial charge in [0, 0.05) is 32.2 Å². The largest absolute Gasteiger partial charge is 0.385 e. The number of nitrogens with zero attached hydrogens (tertiary/aromatic N) is 1. The molecule has 4 heteroatoms. The molecule has 0 bridgehead atoms. The highest BCUT2D eigenvalue weighted by Gasteiger charge is 2.11. The van der Waals surface area contributed by atoms with Gasteiger partial charge in [-0.05, 0) is 62.8 Å². The maximum absolute atomic E-state index is 13.1. The molecule has 0 aromatic heterocycles. The number of anilines is 1. The summed E-state index contributed by atoms with van der Waals surface area (Å²) in [6.45, 7) is 10.5. The number of benzene rings is 1. The van der Waals surface area contributed by atoms with E-state index in [-0.39, 0.29) is 11.7 Å². The van der Waals surface area contributed by atoms with E-state index in [4.69, 9.17) is 0 Å². The Morgan fingerprint density at radius 3 is 2.32 bits per heavy atom. The molecule has 124 valence electrons. The second-order valence-electron chi connectivity index (χ2n) is 5.69. The lowest BCUT2D eigenvalue weighted by atomic mass is 10.0. The minimum absolute atomic E-state index is 0.154. The normalized spacial score (nSPS) is 14.1. The molecule has 0 radical (unpaired) electrons. The van der Waals surface area contributed by atoms with E-state index >= 15 is 0 Å². The first-order valence-electron chi connectivity index (χ1n) is 8.28. The third kappa shape index (κ3) is 5.66. The third-order valence-corrected chi connectivity index (χ3v) is 4.03. The van der Waals surface area contributed by atoms with E-state index in [1.165, 1.54) is 19.3 Å². The predicted molar refractivity (Wildman–Crippen MR) is 90.8 cm³/mol. The van der Waals surface area contributed by atoms with Crippen molar-refractivity contribution in [3.8, 4) is 0 Å². The number of aryl methyl sites for hydroxylation is 1. The Balaban J connectivity index is 0.000000235. The smallest absolute Gasteiger partial charge is 0.219 e. The van der Waals surface area contributed by atoms with Gasteiger partial charge in [-0.15, -0.1) is 0 Å². The van der Waals surface area contributed by atoms with Gasteiger partial charge in [0.05, 0.1) is 0 Å². The average Bonchev–Trinajstić information content (AvgIpc) is 2.52. The summed E-state index contributed by atoms with van der Waals surface area (Å²) in [4.78, 5) is 12.6. The van der Waals surface area contributed by atoms with Gasteiger partial charge in [-0.1, -0.05) is 6.92 Å². The van der Waals surface area contributed by atoms with Crippen molar-refractivity contribution in [2.45, 2.75) is 53.4 Å². The van der Waals surface area contributed by atoms with Crippen LogP contribution in [0.5, 0.6) is 0 Å². The number of likely N-dealkylation sites (tertiary alicyclic amines) is 1. The zero-order chi connectivity index (χ0) is 16.5. The van der Waals surface area contributed by atoms with Crippen LogP contribution in [0.25, 0.3) is 0 Å². The van der Waals surface area contributed by atoms with Crippen LogP contribution >= 0.6 is 0 Å². The van der Waals surface area contributed by atoms with Gasteiger partial charge in [-0.2, -0.15) is 0 Å². The van der Waals surface area contributed by atoms with Crippen molar-refractivity contribution in [2.24, 2.45) is 0 Å².